The number of hydrogen-bond donors (Lipinski definition) is 1. The molecule has 96 valence electrons. The highest BCUT2D eigenvalue weighted by Crippen LogP contribution is 2.37. The number of carbonyl (C=O) groups excluding carboxylic acids is 1. The zero-order chi connectivity index (χ0) is 13.3. The molecule has 0 aliphatic carbocycles. The Bertz CT molecular complexity index is 484. The predicted molar refractivity (Wildman–Crippen MR) is 61.8 cm³/mol. The second-order valence-corrected chi connectivity index (χ2v) is 4.22. The van der Waals surface area contributed by atoms with Crippen molar-refractivity contribution in [2.45, 2.75) is 31.7 Å². The molecule has 0 aromatic heterocycles. The van der Waals surface area contributed by atoms with E-state index in [1.807, 2.05) is 0 Å². The van der Waals surface area contributed by atoms with Gasteiger partial charge < -0.3 is 9.84 Å². The van der Waals surface area contributed by atoms with Crippen LogP contribution in [0.3, 0.4) is 0 Å². The summed E-state index contributed by atoms with van der Waals surface area (Å²) in [6.07, 6.45) is -0.263. The van der Waals surface area contributed by atoms with Crippen LogP contribution < -0.4 is 0 Å². The van der Waals surface area contributed by atoms with E-state index in [1.54, 1.807) is 6.92 Å². The summed E-state index contributed by atoms with van der Waals surface area (Å²) in [6, 6.07) is 5.79. The van der Waals surface area contributed by atoms with E-state index in [-0.39, 0.29) is 24.3 Å². The van der Waals surface area contributed by atoms with Gasteiger partial charge in [0.15, 0.2) is 5.78 Å². The van der Waals surface area contributed by atoms with Gasteiger partial charge >= 0.3 is 0 Å². The van der Waals surface area contributed by atoms with Gasteiger partial charge in [-0.2, -0.15) is 0 Å². The van der Waals surface area contributed by atoms with E-state index in [2.05, 4.69) is 0 Å². The van der Waals surface area contributed by atoms with Crippen molar-refractivity contribution in [3.05, 3.63) is 39.9 Å². The highest BCUT2D eigenvalue weighted by molar-refractivity contribution is 5.87. The summed E-state index contributed by atoms with van der Waals surface area (Å²) in [5.74, 6) is -2.07. The van der Waals surface area contributed by atoms with Crippen molar-refractivity contribution in [3.8, 4) is 0 Å². The van der Waals surface area contributed by atoms with Crippen molar-refractivity contribution in [1.82, 2.24) is 0 Å². The van der Waals surface area contributed by atoms with Crippen molar-refractivity contribution < 1.29 is 19.6 Å². The lowest BCUT2D eigenvalue weighted by molar-refractivity contribution is -0.384. The Balaban J connectivity index is 2.19. The molecule has 0 spiro atoms. The summed E-state index contributed by atoms with van der Waals surface area (Å²) >= 11 is 0. The van der Waals surface area contributed by atoms with Crippen molar-refractivity contribution in [2.75, 3.05) is 0 Å². The first kappa shape index (κ1) is 12.7. The van der Waals surface area contributed by atoms with Gasteiger partial charge in [0.1, 0.15) is 0 Å². The van der Waals surface area contributed by atoms with Crippen LogP contribution in [0.5, 0.6) is 0 Å². The van der Waals surface area contributed by atoms with Gasteiger partial charge in [0.2, 0.25) is 5.79 Å². The smallest absolute Gasteiger partial charge is 0.269 e. The SMILES string of the molecule is CCC1(O)OC(c2ccc([N+](=O)[O-])cc2)CC1=O. The number of nitrogens with zero attached hydrogens (tertiary/aromatic N) is 1. The minimum atomic E-state index is -1.72. The number of nitro groups is 1. The van der Waals surface area contributed by atoms with Gasteiger partial charge in [-0.15, -0.1) is 0 Å². The molecule has 1 fully saturated rings. The fraction of sp³-hybridized carbons (Fsp3) is 0.417. The van der Waals surface area contributed by atoms with Crippen LogP contribution in [-0.2, 0) is 9.53 Å². The lowest BCUT2D eigenvalue weighted by atomic mass is 10.0. The molecule has 2 unspecified atom stereocenters. The molecule has 0 saturated carbocycles. The monoisotopic (exact) mass is 251 g/mol. The normalized spacial score (nSPS) is 27.4. The van der Waals surface area contributed by atoms with E-state index in [0.717, 1.165) is 0 Å². The molecule has 0 bridgehead atoms. The third-order valence-electron chi connectivity index (χ3n) is 3.10. The fourth-order valence-corrected chi connectivity index (χ4v) is 1.95. The van der Waals surface area contributed by atoms with Gasteiger partial charge in [-0.25, -0.2) is 0 Å². The second kappa shape index (κ2) is 4.47. The van der Waals surface area contributed by atoms with Crippen LogP contribution in [0.15, 0.2) is 24.3 Å². The Labute approximate surface area is 103 Å². The predicted octanol–water partition coefficient (Wildman–Crippen LogP) is 1.72. The maximum atomic E-state index is 11.6. The van der Waals surface area contributed by atoms with Crippen LogP contribution in [0.1, 0.15) is 31.4 Å². The number of Topliss-reactive ketones (excluding diaryl/α,β-unsaturated/α-hetero) is 1. The zero-order valence-corrected chi connectivity index (χ0v) is 9.83. The van der Waals surface area contributed by atoms with Gasteiger partial charge in [0, 0.05) is 25.0 Å². The summed E-state index contributed by atoms with van der Waals surface area (Å²) in [5, 5.41) is 20.4. The molecule has 0 amide bonds. The third-order valence-corrected chi connectivity index (χ3v) is 3.10. The summed E-state index contributed by atoms with van der Waals surface area (Å²) in [7, 11) is 0. The molecule has 1 aliphatic rings. The number of non-ortho nitro benzene ring substituents is 1. The molecule has 1 aromatic carbocycles. The molecule has 1 saturated heterocycles. The van der Waals surface area contributed by atoms with Crippen LogP contribution in [0.25, 0.3) is 0 Å². The fourth-order valence-electron chi connectivity index (χ4n) is 1.95. The second-order valence-electron chi connectivity index (χ2n) is 4.22. The number of carbonyl (C=O) groups is 1. The van der Waals surface area contributed by atoms with Crippen LogP contribution in [0.4, 0.5) is 5.69 Å². The van der Waals surface area contributed by atoms with Crippen LogP contribution >= 0.6 is 0 Å². The first-order chi connectivity index (χ1) is 8.46. The van der Waals surface area contributed by atoms with E-state index in [1.165, 1.54) is 24.3 Å². The first-order valence-corrected chi connectivity index (χ1v) is 5.64. The molecule has 1 aliphatic heterocycles. The Kier molecular flexibility index (Phi) is 3.14. The number of benzene rings is 1. The van der Waals surface area contributed by atoms with Crippen molar-refractivity contribution >= 4 is 11.5 Å². The Hall–Kier alpha value is -1.79. The number of nitro benzene ring substituents is 1. The van der Waals surface area contributed by atoms with Crippen molar-refractivity contribution in [1.29, 1.82) is 0 Å². The topological polar surface area (TPSA) is 89.7 Å². The van der Waals surface area contributed by atoms with Gasteiger partial charge in [-0.3, -0.25) is 14.9 Å². The van der Waals surface area contributed by atoms with E-state index >= 15 is 0 Å². The summed E-state index contributed by atoms with van der Waals surface area (Å²) in [5.41, 5.74) is 0.632. The molecule has 2 atom stereocenters. The van der Waals surface area contributed by atoms with Crippen LogP contribution in [-0.4, -0.2) is 21.6 Å². The zero-order valence-electron chi connectivity index (χ0n) is 9.83. The molecule has 1 N–H and O–H groups in total. The van der Waals surface area contributed by atoms with E-state index in [4.69, 9.17) is 4.74 Å². The van der Waals surface area contributed by atoms with Crippen molar-refractivity contribution in [2.24, 2.45) is 0 Å². The Morgan fingerprint density at radius 1 is 1.50 bits per heavy atom. The summed E-state index contributed by atoms with van der Waals surface area (Å²) < 4.78 is 5.33. The van der Waals surface area contributed by atoms with Gasteiger partial charge in [-0.1, -0.05) is 6.92 Å². The molecule has 1 heterocycles. The standard InChI is InChI=1S/C12H13NO5/c1-2-12(15)11(14)7-10(18-12)8-3-5-9(6-4-8)13(16)17/h3-6,10,15H,2,7H2,1H3. The maximum absolute atomic E-state index is 11.6. The number of rotatable bonds is 3. The van der Waals surface area contributed by atoms with Crippen molar-refractivity contribution in [3.63, 3.8) is 0 Å². The van der Waals surface area contributed by atoms with Gasteiger partial charge in [0.25, 0.3) is 5.69 Å². The number of ketones is 1. The lowest BCUT2D eigenvalue weighted by Gasteiger charge is -2.19. The largest absolute Gasteiger partial charge is 0.360 e. The molecular weight excluding hydrogens is 238 g/mol. The van der Waals surface area contributed by atoms with E-state index in [0.29, 0.717) is 5.56 Å². The first-order valence-electron chi connectivity index (χ1n) is 5.64. The quantitative estimate of drug-likeness (QED) is 0.652. The third kappa shape index (κ3) is 2.12. The highest BCUT2D eigenvalue weighted by Gasteiger charge is 2.45. The van der Waals surface area contributed by atoms with Crippen LogP contribution in [0.2, 0.25) is 0 Å². The minimum absolute atomic E-state index is 0.0196. The Morgan fingerprint density at radius 3 is 2.56 bits per heavy atom. The molecule has 0 radical (unpaired) electrons. The summed E-state index contributed by atoms with van der Waals surface area (Å²) in [4.78, 5) is 21.6. The highest BCUT2D eigenvalue weighted by atomic mass is 16.6. The number of hydrogen-bond acceptors (Lipinski definition) is 5. The van der Waals surface area contributed by atoms with Gasteiger partial charge in [0.05, 0.1) is 11.0 Å². The molecule has 6 heteroatoms. The minimum Gasteiger partial charge on any atom is -0.360 e. The average molecular weight is 251 g/mol. The number of aliphatic hydroxyl groups is 1. The maximum Gasteiger partial charge on any atom is 0.269 e. The lowest BCUT2D eigenvalue weighted by Crippen LogP contribution is -2.34. The molecule has 6 nitrogen and oxygen atoms in total. The average Bonchev–Trinajstić information content (AvgIpc) is 2.67. The van der Waals surface area contributed by atoms with E-state index < -0.39 is 16.8 Å². The van der Waals surface area contributed by atoms with Crippen LogP contribution in [0, 0.1) is 10.1 Å². The molecule has 18 heavy (non-hydrogen) atoms. The van der Waals surface area contributed by atoms with Gasteiger partial charge in [-0.05, 0) is 17.7 Å². The molecule has 2 rings (SSSR count). The van der Waals surface area contributed by atoms with E-state index in [9.17, 15) is 20.0 Å². The Morgan fingerprint density at radius 2 is 2.11 bits per heavy atom. The molecule has 1 aromatic rings. The molecular formula is C12H13NO5. The summed E-state index contributed by atoms with van der Waals surface area (Å²) in [6.45, 7) is 1.66. The number of ether oxygens (including phenoxy) is 1.